The van der Waals surface area contributed by atoms with Crippen molar-refractivity contribution in [3.63, 3.8) is 0 Å². The van der Waals surface area contributed by atoms with Gasteiger partial charge in [-0.25, -0.2) is 0 Å². The first-order valence-corrected chi connectivity index (χ1v) is 6.10. The molecule has 0 fully saturated rings. The van der Waals surface area contributed by atoms with E-state index in [1.807, 2.05) is 19.2 Å². The van der Waals surface area contributed by atoms with Crippen molar-refractivity contribution in [1.29, 1.82) is 0 Å². The number of methoxy groups -OCH3 is 1. The van der Waals surface area contributed by atoms with E-state index in [-0.39, 0.29) is 0 Å². The predicted molar refractivity (Wildman–Crippen MR) is 73.6 cm³/mol. The molecule has 1 aromatic carbocycles. The second-order valence-electron chi connectivity index (χ2n) is 4.53. The van der Waals surface area contributed by atoms with E-state index in [1.165, 1.54) is 11.1 Å². The first kappa shape index (κ1) is 13.8. The molecule has 1 N–H and O–H groups in total. The Bertz CT molecular complexity index is 342. The summed E-state index contributed by atoms with van der Waals surface area (Å²) >= 11 is 0. The molecule has 0 aliphatic carbocycles. The minimum absolute atomic E-state index is 0.523. The Morgan fingerprint density at radius 3 is 2.47 bits per heavy atom. The highest BCUT2D eigenvalue weighted by Gasteiger charge is 2.06. The molecule has 0 saturated carbocycles. The predicted octanol–water partition coefficient (Wildman–Crippen LogP) is 3.18. The van der Waals surface area contributed by atoms with E-state index in [4.69, 9.17) is 4.74 Å². The van der Waals surface area contributed by atoms with Gasteiger partial charge in [0.15, 0.2) is 0 Å². The summed E-state index contributed by atoms with van der Waals surface area (Å²) in [6.45, 7) is 6.05. The van der Waals surface area contributed by atoms with Crippen LogP contribution in [0.25, 0.3) is 0 Å². The number of aryl methyl sites for hydroxylation is 1. The van der Waals surface area contributed by atoms with Gasteiger partial charge in [0.05, 0.1) is 7.11 Å². The molecule has 0 aliphatic heterocycles. The van der Waals surface area contributed by atoms with Crippen molar-refractivity contribution in [2.24, 2.45) is 0 Å². The van der Waals surface area contributed by atoms with Gasteiger partial charge in [0.1, 0.15) is 5.75 Å². The first-order valence-electron chi connectivity index (χ1n) is 6.10. The lowest BCUT2D eigenvalue weighted by molar-refractivity contribution is 0.414. The van der Waals surface area contributed by atoms with E-state index in [9.17, 15) is 0 Å². The quantitative estimate of drug-likeness (QED) is 0.730. The van der Waals surface area contributed by atoms with E-state index in [0.717, 1.165) is 25.0 Å². The van der Waals surface area contributed by atoms with E-state index >= 15 is 0 Å². The maximum atomic E-state index is 5.14. The van der Waals surface area contributed by atoms with Crippen molar-refractivity contribution < 1.29 is 4.74 Å². The van der Waals surface area contributed by atoms with Crippen molar-refractivity contribution in [1.82, 2.24) is 5.32 Å². The summed E-state index contributed by atoms with van der Waals surface area (Å²) in [6, 6.07) is 8.82. The average Bonchev–Trinajstić information content (AvgIpc) is 2.34. The molecule has 0 amide bonds. The Morgan fingerprint density at radius 2 is 2.00 bits per heavy atom. The molecule has 0 bridgehead atoms. The highest BCUT2D eigenvalue weighted by atomic mass is 16.5. The van der Waals surface area contributed by atoms with E-state index < -0.39 is 0 Å². The largest absolute Gasteiger partial charge is 0.497 e. The summed E-state index contributed by atoms with van der Waals surface area (Å²) in [5.41, 5.74) is 2.59. The lowest BCUT2D eigenvalue weighted by Gasteiger charge is -2.16. The van der Waals surface area contributed by atoms with Crippen LogP contribution in [0.3, 0.4) is 0 Å². The Kier molecular flexibility index (Phi) is 5.78. The Hall–Kier alpha value is -1.28. The van der Waals surface area contributed by atoms with Gasteiger partial charge in [0, 0.05) is 6.04 Å². The molecule has 0 aromatic heterocycles. The Labute approximate surface area is 105 Å². The van der Waals surface area contributed by atoms with E-state index in [1.54, 1.807) is 7.11 Å². The van der Waals surface area contributed by atoms with Crippen molar-refractivity contribution in [3.05, 3.63) is 42.0 Å². The third kappa shape index (κ3) is 5.05. The summed E-state index contributed by atoms with van der Waals surface area (Å²) in [6.07, 6.45) is 3.27. The number of nitrogens with one attached hydrogen (secondary N) is 1. The average molecular weight is 233 g/mol. The third-order valence-corrected chi connectivity index (χ3v) is 2.94. The van der Waals surface area contributed by atoms with E-state index in [0.29, 0.717) is 6.04 Å². The van der Waals surface area contributed by atoms with E-state index in [2.05, 4.69) is 31.0 Å². The normalized spacial score (nSPS) is 12.2. The van der Waals surface area contributed by atoms with Crippen LogP contribution in [0, 0.1) is 0 Å². The van der Waals surface area contributed by atoms with Crippen molar-refractivity contribution in [2.45, 2.75) is 32.2 Å². The van der Waals surface area contributed by atoms with Gasteiger partial charge in [-0.15, -0.1) is 6.58 Å². The van der Waals surface area contributed by atoms with Crippen LogP contribution in [0.2, 0.25) is 0 Å². The van der Waals surface area contributed by atoms with Crippen LogP contribution < -0.4 is 10.1 Å². The molecule has 1 atom stereocenters. The molecule has 0 heterocycles. The zero-order valence-corrected chi connectivity index (χ0v) is 11.1. The first-order chi connectivity index (χ1) is 8.15. The molecule has 0 saturated heterocycles. The highest BCUT2D eigenvalue weighted by Crippen LogP contribution is 2.14. The van der Waals surface area contributed by atoms with Crippen LogP contribution in [0.15, 0.2) is 36.4 Å². The maximum Gasteiger partial charge on any atom is 0.118 e. The van der Waals surface area contributed by atoms with Gasteiger partial charge in [0.25, 0.3) is 0 Å². The van der Waals surface area contributed by atoms with Crippen molar-refractivity contribution >= 4 is 0 Å². The van der Waals surface area contributed by atoms with Crippen LogP contribution in [-0.4, -0.2) is 20.2 Å². The van der Waals surface area contributed by atoms with Gasteiger partial charge in [-0.05, 0) is 50.9 Å². The monoisotopic (exact) mass is 233 g/mol. The molecule has 0 spiro atoms. The van der Waals surface area contributed by atoms with Gasteiger partial charge in [-0.3, -0.25) is 0 Å². The fraction of sp³-hybridized carbons (Fsp3) is 0.467. The molecule has 0 radical (unpaired) electrons. The molecule has 1 unspecified atom stereocenters. The SMILES string of the molecule is C=C(C)CC(CCc1ccc(OC)cc1)NC. The summed E-state index contributed by atoms with van der Waals surface area (Å²) in [4.78, 5) is 0. The summed E-state index contributed by atoms with van der Waals surface area (Å²) in [7, 11) is 3.71. The molecule has 17 heavy (non-hydrogen) atoms. The molecule has 0 aliphatic rings. The Morgan fingerprint density at radius 1 is 1.35 bits per heavy atom. The van der Waals surface area contributed by atoms with Crippen LogP contribution in [-0.2, 0) is 6.42 Å². The molecule has 94 valence electrons. The zero-order valence-electron chi connectivity index (χ0n) is 11.1. The van der Waals surface area contributed by atoms with Crippen LogP contribution in [0.4, 0.5) is 0 Å². The third-order valence-electron chi connectivity index (χ3n) is 2.94. The number of rotatable bonds is 7. The molecule has 1 aromatic rings. The fourth-order valence-electron chi connectivity index (χ4n) is 1.90. The van der Waals surface area contributed by atoms with Gasteiger partial charge in [0.2, 0.25) is 0 Å². The molecule has 2 nitrogen and oxygen atoms in total. The molecular weight excluding hydrogens is 210 g/mol. The summed E-state index contributed by atoms with van der Waals surface area (Å²) in [5.74, 6) is 0.917. The number of hydrogen-bond donors (Lipinski definition) is 1. The summed E-state index contributed by atoms with van der Waals surface area (Å²) < 4.78 is 5.14. The number of ether oxygens (including phenoxy) is 1. The minimum atomic E-state index is 0.523. The van der Waals surface area contributed by atoms with Crippen molar-refractivity contribution in [2.75, 3.05) is 14.2 Å². The zero-order chi connectivity index (χ0) is 12.7. The van der Waals surface area contributed by atoms with Gasteiger partial charge in [-0.2, -0.15) is 0 Å². The fourth-order valence-corrected chi connectivity index (χ4v) is 1.90. The maximum absolute atomic E-state index is 5.14. The molecular formula is C15H23NO. The van der Waals surface area contributed by atoms with Gasteiger partial charge in [-0.1, -0.05) is 17.7 Å². The van der Waals surface area contributed by atoms with Crippen molar-refractivity contribution in [3.8, 4) is 5.75 Å². The van der Waals surface area contributed by atoms with Gasteiger partial charge >= 0.3 is 0 Å². The van der Waals surface area contributed by atoms with Crippen LogP contribution in [0.5, 0.6) is 5.75 Å². The summed E-state index contributed by atoms with van der Waals surface area (Å²) in [5, 5.41) is 3.34. The second kappa shape index (κ2) is 7.13. The molecule has 2 heteroatoms. The number of benzene rings is 1. The van der Waals surface area contributed by atoms with Gasteiger partial charge < -0.3 is 10.1 Å². The smallest absolute Gasteiger partial charge is 0.118 e. The van der Waals surface area contributed by atoms with Crippen LogP contribution >= 0.6 is 0 Å². The number of hydrogen-bond acceptors (Lipinski definition) is 2. The highest BCUT2D eigenvalue weighted by molar-refractivity contribution is 5.27. The second-order valence-corrected chi connectivity index (χ2v) is 4.53. The lowest BCUT2D eigenvalue weighted by atomic mass is 10.0. The molecule has 1 rings (SSSR count). The minimum Gasteiger partial charge on any atom is -0.497 e. The van der Waals surface area contributed by atoms with Crippen LogP contribution in [0.1, 0.15) is 25.3 Å². The topological polar surface area (TPSA) is 21.3 Å². The Balaban J connectivity index is 2.44. The standard InChI is InChI=1S/C15H23NO/c1-12(2)11-14(16-3)8-5-13-6-9-15(17-4)10-7-13/h6-7,9-10,14,16H,1,5,8,11H2,2-4H3. The lowest BCUT2D eigenvalue weighted by Crippen LogP contribution is -2.25.